The second-order valence-electron chi connectivity index (χ2n) is 4.59. The zero-order valence-corrected chi connectivity index (χ0v) is 12.2. The Morgan fingerprint density at radius 2 is 1.90 bits per heavy atom. The molecule has 5 heteroatoms. The number of imidazole rings is 1. The van der Waals surface area contributed by atoms with E-state index < -0.39 is 5.82 Å². The quantitative estimate of drug-likeness (QED) is 0.618. The van der Waals surface area contributed by atoms with Crippen LogP contribution in [-0.2, 0) is 5.88 Å². The molecule has 0 aliphatic rings. The van der Waals surface area contributed by atoms with E-state index in [-0.39, 0.29) is 10.9 Å². The third-order valence-electron chi connectivity index (χ3n) is 3.18. The van der Waals surface area contributed by atoms with Gasteiger partial charge in [0.2, 0.25) is 0 Å². The second-order valence-corrected chi connectivity index (χ2v) is 5.26. The van der Waals surface area contributed by atoms with E-state index in [0.29, 0.717) is 16.9 Å². The Balaban J connectivity index is 2.32. The molecule has 2 nitrogen and oxygen atoms in total. The Hall–Kier alpha value is -1.58. The highest BCUT2D eigenvalue weighted by molar-refractivity contribution is 6.31. The van der Waals surface area contributed by atoms with E-state index in [1.165, 1.54) is 12.1 Å². The van der Waals surface area contributed by atoms with Crippen LogP contribution in [0.2, 0.25) is 5.02 Å². The molecule has 0 unspecified atom stereocenters. The highest BCUT2D eigenvalue weighted by atomic mass is 35.5. The van der Waals surface area contributed by atoms with Gasteiger partial charge in [0.25, 0.3) is 0 Å². The molecule has 3 aromatic rings. The molecule has 2 aromatic carbocycles. The summed E-state index contributed by atoms with van der Waals surface area (Å²) in [6, 6.07) is 10.8. The molecule has 1 aromatic heterocycles. The first-order chi connectivity index (χ1) is 9.60. The number of alkyl halides is 1. The normalized spacial score (nSPS) is 11.2. The number of fused-ring (bicyclic) bond motifs is 1. The molecule has 102 valence electrons. The molecule has 0 N–H and O–H groups in total. The average Bonchev–Trinajstić information content (AvgIpc) is 2.78. The monoisotopic (exact) mass is 308 g/mol. The first kappa shape index (κ1) is 13.4. The Bertz CT molecular complexity index is 779. The maximum absolute atomic E-state index is 13.7. The first-order valence-corrected chi connectivity index (χ1v) is 7.01. The molecule has 20 heavy (non-hydrogen) atoms. The molecule has 0 bridgehead atoms. The first-order valence-electron chi connectivity index (χ1n) is 6.09. The Kier molecular flexibility index (Phi) is 3.40. The molecule has 0 spiro atoms. The predicted octanol–water partition coefficient (Wildman–Crippen LogP) is 4.87. The molecule has 3 rings (SSSR count). The highest BCUT2D eigenvalue weighted by Gasteiger charge is 2.14. The maximum atomic E-state index is 13.7. The van der Waals surface area contributed by atoms with E-state index in [9.17, 15) is 4.39 Å². The number of rotatable bonds is 2. The molecule has 0 saturated heterocycles. The molecule has 0 aliphatic heterocycles. The van der Waals surface area contributed by atoms with Crippen LogP contribution in [-0.4, -0.2) is 9.55 Å². The molecule has 0 amide bonds. The summed E-state index contributed by atoms with van der Waals surface area (Å²) in [6.07, 6.45) is 0. The summed E-state index contributed by atoms with van der Waals surface area (Å²) in [5.74, 6) is 0.433. The lowest BCUT2D eigenvalue weighted by atomic mass is 10.2. The van der Waals surface area contributed by atoms with Gasteiger partial charge in [0.05, 0.1) is 21.9 Å². The topological polar surface area (TPSA) is 17.8 Å². The summed E-state index contributed by atoms with van der Waals surface area (Å²) < 4.78 is 15.6. The Labute approximate surface area is 125 Å². The molecule has 0 radical (unpaired) electrons. The largest absolute Gasteiger partial charge is 0.295 e. The van der Waals surface area contributed by atoms with Crippen molar-refractivity contribution in [1.82, 2.24) is 9.55 Å². The summed E-state index contributed by atoms with van der Waals surface area (Å²) in [7, 11) is 0. The zero-order valence-electron chi connectivity index (χ0n) is 10.7. The van der Waals surface area contributed by atoms with Crippen molar-refractivity contribution < 1.29 is 4.39 Å². The third kappa shape index (κ3) is 2.17. The number of hydrogen-bond acceptors (Lipinski definition) is 1. The smallest absolute Gasteiger partial charge is 0.144 e. The van der Waals surface area contributed by atoms with Gasteiger partial charge in [0.15, 0.2) is 0 Å². The second kappa shape index (κ2) is 5.08. The van der Waals surface area contributed by atoms with E-state index in [0.717, 1.165) is 11.3 Å². The lowest BCUT2D eigenvalue weighted by Crippen LogP contribution is -1.99. The summed E-state index contributed by atoms with van der Waals surface area (Å²) in [5.41, 5.74) is 3.34. The molecule has 0 saturated carbocycles. The van der Waals surface area contributed by atoms with Crippen LogP contribution in [0.3, 0.4) is 0 Å². The van der Waals surface area contributed by atoms with E-state index in [1.807, 2.05) is 35.8 Å². The fraction of sp³-hybridized carbons (Fsp3) is 0.133. The van der Waals surface area contributed by atoms with Gasteiger partial charge < -0.3 is 0 Å². The number of halogens is 3. The van der Waals surface area contributed by atoms with Gasteiger partial charge in [-0.05, 0) is 25.1 Å². The fourth-order valence-electron chi connectivity index (χ4n) is 2.19. The number of aromatic nitrogens is 2. The summed E-state index contributed by atoms with van der Waals surface area (Å²) in [4.78, 5) is 4.41. The van der Waals surface area contributed by atoms with Crippen molar-refractivity contribution in [1.29, 1.82) is 0 Å². The van der Waals surface area contributed by atoms with Gasteiger partial charge in [-0.3, -0.25) is 4.57 Å². The lowest BCUT2D eigenvalue weighted by Gasteiger charge is -2.08. The minimum Gasteiger partial charge on any atom is -0.295 e. The molecule has 0 fully saturated rings. The van der Waals surface area contributed by atoms with Gasteiger partial charge in [0.1, 0.15) is 11.6 Å². The Morgan fingerprint density at radius 3 is 2.55 bits per heavy atom. The van der Waals surface area contributed by atoms with Crippen molar-refractivity contribution >= 4 is 34.2 Å². The SMILES string of the molecule is Cc1ccc(-n2c(CCl)nc3cc(Cl)c(F)cc32)cc1. The molecular weight excluding hydrogens is 298 g/mol. The van der Waals surface area contributed by atoms with Crippen LogP contribution in [0.5, 0.6) is 0 Å². The van der Waals surface area contributed by atoms with Crippen LogP contribution < -0.4 is 0 Å². The van der Waals surface area contributed by atoms with Crippen molar-refractivity contribution in [2.45, 2.75) is 12.8 Å². The van der Waals surface area contributed by atoms with Gasteiger partial charge in [-0.25, -0.2) is 9.37 Å². The fourth-order valence-corrected chi connectivity index (χ4v) is 2.53. The zero-order chi connectivity index (χ0) is 14.3. The molecular formula is C15H11Cl2FN2. The standard InChI is InChI=1S/C15H11Cl2FN2/c1-9-2-4-10(5-3-9)20-14-7-12(18)11(17)6-13(14)19-15(20)8-16/h2-7H,8H2,1H3. The van der Waals surface area contributed by atoms with Crippen LogP contribution in [0.4, 0.5) is 4.39 Å². The van der Waals surface area contributed by atoms with Crippen LogP contribution in [0.25, 0.3) is 16.7 Å². The van der Waals surface area contributed by atoms with Crippen molar-refractivity contribution in [3.05, 3.63) is 58.6 Å². The molecule has 1 heterocycles. The van der Waals surface area contributed by atoms with E-state index >= 15 is 0 Å². The minimum atomic E-state index is -0.464. The van der Waals surface area contributed by atoms with E-state index in [1.54, 1.807) is 0 Å². The Morgan fingerprint density at radius 1 is 1.20 bits per heavy atom. The van der Waals surface area contributed by atoms with Crippen LogP contribution in [0.15, 0.2) is 36.4 Å². The van der Waals surface area contributed by atoms with Crippen molar-refractivity contribution in [2.75, 3.05) is 0 Å². The van der Waals surface area contributed by atoms with Gasteiger partial charge >= 0.3 is 0 Å². The summed E-state index contributed by atoms with van der Waals surface area (Å²) >= 11 is 11.8. The van der Waals surface area contributed by atoms with Crippen LogP contribution >= 0.6 is 23.2 Å². The van der Waals surface area contributed by atoms with Crippen molar-refractivity contribution in [3.63, 3.8) is 0 Å². The number of benzene rings is 2. The number of aryl methyl sites for hydroxylation is 1. The highest BCUT2D eigenvalue weighted by Crippen LogP contribution is 2.27. The van der Waals surface area contributed by atoms with Gasteiger partial charge in [0, 0.05) is 11.8 Å². The third-order valence-corrected chi connectivity index (χ3v) is 3.71. The summed E-state index contributed by atoms with van der Waals surface area (Å²) in [5, 5.41) is 0.0622. The predicted molar refractivity (Wildman–Crippen MR) is 80.3 cm³/mol. The van der Waals surface area contributed by atoms with Gasteiger partial charge in [-0.15, -0.1) is 11.6 Å². The van der Waals surface area contributed by atoms with Crippen LogP contribution in [0.1, 0.15) is 11.4 Å². The maximum Gasteiger partial charge on any atom is 0.144 e. The number of nitrogens with zero attached hydrogens (tertiary/aromatic N) is 2. The van der Waals surface area contributed by atoms with Gasteiger partial charge in [-0.1, -0.05) is 29.3 Å². The van der Waals surface area contributed by atoms with Crippen molar-refractivity contribution in [3.8, 4) is 5.69 Å². The van der Waals surface area contributed by atoms with Gasteiger partial charge in [-0.2, -0.15) is 0 Å². The van der Waals surface area contributed by atoms with Crippen molar-refractivity contribution in [2.24, 2.45) is 0 Å². The number of hydrogen-bond donors (Lipinski definition) is 0. The minimum absolute atomic E-state index is 0.0622. The lowest BCUT2D eigenvalue weighted by molar-refractivity contribution is 0.629. The van der Waals surface area contributed by atoms with Crippen LogP contribution in [0, 0.1) is 12.7 Å². The molecule has 0 atom stereocenters. The van der Waals surface area contributed by atoms with E-state index in [4.69, 9.17) is 23.2 Å². The van der Waals surface area contributed by atoms with E-state index in [2.05, 4.69) is 4.98 Å². The molecule has 0 aliphatic carbocycles. The summed E-state index contributed by atoms with van der Waals surface area (Å²) in [6.45, 7) is 2.01. The average molecular weight is 309 g/mol.